The number of likely N-dealkylation sites (tertiary alicyclic amines) is 1. The van der Waals surface area contributed by atoms with Crippen LogP contribution in [0.15, 0.2) is 63.9 Å². The predicted molar refractivity (Wildman–Crippen MR) is 127 cm³/mol. The Balaban J connectivity index is 1.68. The van der Waals surface area contributed by atoms with Crippen molar-refractivity contribution in [2.45, 2.75) is 25.2 Å². The smallest absolute Gasteiger partial charge is 0.255 e. The zero-order valence-corrected chi connectivity index (χ0v) is 19.5. The fourth-order valence-corrected chi connectivity index (χ4v) is 4.57. The third-order valence-electron chi connectivity index (χ3n) is 6.48. The summed E-state index contributed by atoms with van der Waals surface area (Å²) in [6, 6.07) is 9.00. The fraction of sp³-hybridized carbons (Fsp3) is 0.259. The maximum Gasteiger partial charge on any atom is 0.255 e. The molecule has 1 fully saturated rings. The lowest BCUT2D eigenvalue weighted by molar-refractivity contribution is 0.343. The molecule has 4 aromatic rings. The third kappa shape index (κ3) is 4.58. The molecule has 0 aliphatic carbocycles. The Bertz CT molecular complexity index is 1460. The molecule has 1 aliphatic heterocycles. The number of oxazole rings is 1. The standard InChI is InChI=1S/C27H23F4N3O2/c1-33-12-3-4-16(11-13-33)27-32-24(26(36-27)19-9-8-18(28)14-22(19)31)17-7-10-23(35)34(15-17)25-20(29)5-2-6-21(25)30/h2,5-10,14-16H,3-4,11-13H2,1H3. The van der Waals surface area contributed by atoms with Crippen LogP contribution in [0.4, 0.5) is 17.6 Å². The van der Waals surface area contributed by atoms with E-state index in [1.165, 1.54) is 24.4 Å². The van der Waals surface area contributed by atoms with Crippen LogP contribution in [-0.4, -0.2) is 34.6 Å². The first-order chi connectivity index (χ1) is 17.3. The van der Waals surface area contributed by atoms with Crippen LogP contribution < -0.4 is 5.56 Å². The lowest BCUT2D eigenvalue weighted by Gasteiger charge is -2.12. The van der Waals surface area contributed by atoms with Gasteiger partial charge in [-0.25, -0.2) is 22.5 Å². The number of aromatic nitrogens is 2. The van der Waals surface area contributed by atoms with Gasteiger partial charge in [-0.05, 0) is 69.7 Å². The molecular weight excluding hydrogens is 474 g/mol. The van der Waals surface area contributed by atoms with E-state index in [2.05, 4.69) is 9.88 Å². The van der Waals surface area contributed by atoms with Gasteiger partial charge in [-0.2, -0.15) is 0 Å². The number of rotatable bonds is 4. The molecule has 0 amide bonds. The highest BCUT2D eigenvalue weighted by atomic mass is 19.1. The monoisotopic (exact) mass is 497 g/mol. The Morgan fingerprint density at radius 2 is 1.72 bits per heavy atom. The van der Waals surface area contributed by atoms with Gasteiger partial charge in [-0.3, -0.25) is 9.36 Å². The topological polar surface area (TPSA) is 51.3 Å². The first kappa shape index (κ1) is 24.0. The summed E-state index contributed by atoms with van der Waals surface area (Å²) in [6.45, 7) is 1.77. The molecule has 1 aliphatic rings. The minimum absolute atomic E-state index is 0.00860. The summed E-state index contributed by atoms with van der Waals surface area (Å²) in [4.78, 5) is 19.4. The van der Waals surface area contributed by atoms with Crippen LogP contribution in [0.1, 0.15) is 31.1 Å². The summed E-state index contributed by atoms with van der Waals surface area (Å²) in [6.07, 6.45) is 3.77. The van der Waals surface area contributed by atoms with E-state index in [1.807, 2.05) is 7.05 Å². The van der Waals surface area contributed by atoms with Gasteiger partial charge in [-0.15, -0.1) is 0 Å². The first-order valence-electron chi connectivity index (χ1n) is 11.6. The quantitative estimate of drug-likeness (QED) is 0.329. The summed E-state index contributed by atoms with van der Waals surface area (Å²) >= 11 is 0. The largest absolute Gasteiger partial charge is 0.440 e. The first-order valence-corrected chi connectivity index (χ1v) is 11.6. The van der Waals surface area contributed by atoms with Crippen molar-refractivity contribution in [1.29, 1.82) is 0 Å². The number of nitrogens with zero attached hydrogens (tertiary/aromatic N) is 3. The Labute approximate surface area is 204 Å². The second kappa shape index (κ2) is 9.73. The van der Waals surface area contributed by atoms with E-state index < -0.39 is 34.5 Å². The molecular formula is C27H23F4N3O2. The Hall–Kier alpha value is -3.72. The molecule has 0 N–H and O–H groups in total. The predicted octanol–water partition coefficient (Wildman–Crippen LogP) is 5.92. The van der Waals surface area contributed by atoms with E-state index in [4.69, 9.17) is 4.42 Å². The van der Waals surface area contributed by atoms with E-state index in [9.17, 15) is 22.4 Å². The fourth-order valence-electron chi connectivity index (χ4n) is 4.57. The van der Waals surface area contributed by atoms with Crippen LogP contribution in [0.5, 0.6) is 0 Å². The van der Waals surface area contributed by atoms with Crippen LogP contribution in [0.25, 0.3) is 28.3 Å². The van der Waals surface area contributed by atoms with Crippen molar-refractivity contribution in [1.82, 2.24) is 14.5 Å². The Morgan fingerprint density at radius 3 is 2.47 bits per heavy atom. The molecule has 0 spiro atoms. The molecule has 1 unspecified atom stereocenters. The van der Waals surface area contributed by atoms with Crippen LogP contribution in [-0.2, 0) is 0 Å². The zero-order valence-electron chi connectivity index (χ0n) is 19.5. The molecule has 5 nitrogen and oxygen atoms in total. The van der Waals surface area contributed by atoms with Gasteiger partial charge in [0.15, 0.2) is 11.7 Å². The van der Waals surface area contributed by atoms with Gasteiger partial charge >= 0.3 is 0 Å². The average molecular weight is 497 g/mol. The van der Waals surface area contributed by atoms with E-state index in [0.29, 0.717) is 5.89 Å². The molecule has 5 rings (SSSR count). The molecule has 1 saturated heterocycles. The third-order valence-corrected chi connectivity index (χ3v) is 6.48. The van der Waals surface area contributed by atoms with Gasteiger partial charge < -0.3 is 9.32 Å². The molecule has 0 bridgehead atoms. The van der Waals surface area contributed by atoms with Crippen LogP contribution in [0.3, 0.4) is 0 Å². The number of benzene rings is 2. The summed E-state index contributed by atoms with van der Waals surface area (Å²) < 4.78 is 64.4. The van der Waals surface area contributed by atoms with E-state index in [1.54, 1.807) is 0 Å². The number of hydrogen-bond donors (Lipinski definition) is 0. The minimum atomic E-state index is -0.914. The van der Waals surface area contributed by atoms with Gasteiger partial charge in [0.1, 0.15) is 34.7 Å². The lowest BCUT2D eigenvalue weighted by Crippen LogP contribution is -2.19. The maximum atomic E-state index is 14.8. The van der Waals surface area contributed by atoms with E-state index in [0.717, 1.165) is 67.3 Å². The van der Waals surface area contributed by atoms with Gasteiger partial charge in [0.25, 0.3) is 5.56 Å². The molecule has 2 aromatic carbocycles. The summed E-state index contributed by atoms with van der Waals surface area (Å²) in [5.74, 6) is -2.99. The van der Waals surface area contributed by atoms with Gasteiger partial charge in [0.05, 0.1) is 5.56 Å². The van der Waals surface area contributed by atoms with E-state index in [-0.39, 0.29) is 28.5 Å². The maximum absolute atomic E-state index is 14.8. The van der Waals surface area contributed by atoms with Crippen molar-refractivity contribution in [3.63, 3.8) is 0 Å². The normalized spacial score (nSPS) is 16.8. The van der Waals surface area contributed by atoms with Gasteiger partial charge in [0, 0.05) is 29.8 Å². The van der Waals surface area contributed by atoms with Gasteiger partial charge in [-0.1, -0.05) is 6.07 Å². The van der Waals surface area contributed by atoms with Crippen molar-refractivity contribution >= 4 is 0 Å². The molecule has 1 atom stereocenters. The minimum Gasteiger partial charge on any atom is -0.440 e. The lowest BCUT2D eigenvalue weighted by atomic mass is 10.0. The SMILES string of the molecule is CN1CCCC(c2nc(-c3ccc(=O)n(-c4c(F)cccc4F)c3)c(-c3ccc(F)cc3F)o2)CC1. The van der Waals surface area contributed by atoms with Gasteiger partial charge in [0.2, 0.25) is 0 Å². The number of hydrogen-bond acceptors (Lipinski definition) is 4. The highest BCUT2D eigenvalue weighted by Gasteiger charge is 2.27. The molecule has 0 saturated carbocycles. The zero-order chi connectivity index (χ0) is 25.4. The highest BCUT2D eigenvalue weighted by molar-refractivity contribution is 5.77. The second-order valence-electron chi connectivity index (χ2n) is 8.98. The second-order valence-corrected chi connectivity index (χ2v) is 8.98. The summed E-state index contributed by atoms with van der Waals surface area (Å²) in [5.41, 5.74) is -0.719. The highest BCUT2D eigenvalue weighted by Crippen LogP contribution is 2.38. The Morgan fingerprint density at radius 1 is 0.944 bits per heavy atom. The van der Waals surface area contributed by atoms with E-state index >= 15 is 0 Å². The molecule has 186 valence electrons. The molecule has 9 heteroatoms. The van der Waals surface area contributed by atoms with Crippen molar-refractivity contribution in [3.05, 3.63) is 94.2 Å². The van der Waals surface area contributed by atoms with Crippen molar-refractivity contribution in [2.24, 2.45) is 0 Å². The summed E-state index contributed by atoms with van der Waals surface area (Å²) in [5, 5.41) is 0. The number of para-hydroxylation sites is 1. The van der Waals surface area contributed by atoms with Crippen LogP contribution in [0, 0.1) is 23.3 Å². The molecule has 36 heavy (non-hydrogen) atoms. The van der Waals surface area contributed by atoms with Crippen molar-refractivity contribution in [3.8, 4) is 28.3 Å². The van der Waals surface area contributed by atoms with Crippen molar-refractivity contribution in [2.75, 3.05) is 20.1 Å². The molecule has 0 radical (unpaired) electrons. The summed E-state index contributed by atoms with van der Waals surface area (Å²) in [7, 11) is 2.04. The molecule has 3 heterocycles. The number of pyridine rings is 1. The van der Waals surface area contributed by atoms with Crippen LogP contribution >= 0.6 is 0 Å². The average Bonchev–Trinajstić information content (AvgIpc) is 3.15. The molecule has 2 aromatic heterocycles. The number of halogens is 4. The van der Waals surface area contributed by atoms with Crippen LogP contribution in [0.2, 0.25) is 0 Å². The van der Waals surface area contributed by atoms with Crippen molar-refractivity contribution < 1.29 is 22.0 Å². The Kier molecular flexibility index (Phi) is 6.49.